The summed E-state index contributed by atoms with van der Waals surface area (Å²) < 4.78 is 12.8. The quantitative estimate of drug-likeness (QED) is 0.863. The lowest BCUT2D eigenvalue weighted by Crippen LogP contribution is -2.37. The molecule has 0 spiro atoms. The Kier molecular flexibility index (Phi) is 4.11. The van der Waals surface area contributed by atoms with Crippen molar-refractivity contribution < 1.29 is 14.3 Å². The standard InChI is InChI=1S/C16H19N3O3/c1-21-13-10-18-8-4-5-12(18)9-19(11-13)16(20)14-6-3-7-17-15(14)22-2/h3-8,13H,9-11H2,1-2H3. The van der Waals surface area contributed by atoms with E-state index in [2.05, 4.69) is 9.55 Å². The predicted octanol–water partition coefficient (Wildman–Crippen LogP) is 1.56. The monoisotopic (exact) mass is 301 g/mol. The largest absolute Gasteiger partial charge is 0.480 e. The van der Waals surface area contributed by atoms with Crippen LogP contribution in [0.2, 0.25) is 0 Å². The van der Waals surface area contributed by atoms with Crippen LogP contribution in [0.25, 0.3) is 0 Å². The fourth-order valence-electron chi connectivity index (χ4n) is 2.74. The van der Waals surface area contributed by atoms with Crippen LogP contribution in [0, 0.1) is 0 Å². The Labute approximate surface area is 129 Å². The zero-order valence-electron chi connectivity index (χ0n) is 12.7. The van der Waals surface area contributed by atoms with Gasteiger partial charge in [-0.3, -0.25) is 4.79 Å². The molecule has 2 aromatic heterocycles. The molecule has 116 valence electrons. The first-order valence-electron chi connectivity index (χ1n) is 7.18. The zero-order valence-corrected chi connectivity index (χ0v) is 12.7. The van der Waals surface area contributed by atoms with E-state index in [1.165, 1.54) is 7.11 Å². The first-order chi connectivity index (χ1) is 10.7. The molecule has 0 aliphatic carbocycles. The van der Waals surface area contributed by atoms with E-state index >= 15 is 0 Å². The van der Waals surface area contributed by atoms with E-state index in [1.54, 1.807) is 30.3 Å². The van der Waals surface area contributed by atoms with E-state index in [0.29, 0.717) is 24.5 Å². The molecule has 22 heavy (non-hydrogen) atoms. The van der Waals surface area contributed by atoms with Gasteiger partial charge in [0.1, 0.15) is 5.56 Å². The number of ether oxygens (including phenoxy) is 2. The van der Waals surface area contributed by atoms with Gasteiger partial charge in [-0.15, -0.1) is 0 Å². The molecular weight excluding hydrogens is 282 g/mol. The van der Waals surface area contributed by atoms with Crippen molar-refractivity contribution >= 4 is 5.91 Å². The van der Waals surface area contributed by atoms with Crippen LogP contribution in [-0.4, -0.2) is 47.2 Å². The molecule has 0 saturated heterocycles. The third kappa shape index (κ3) is 2.69. The summed E-state index contributed by atoms with van der Waals surface area (Å²) in [5.74, 6) is 0.253. The van der Waals surface area contributed by atoms with E-state index in [9.17, 15) is 4.79 Å². The first-order valence-corrected chi connectivity index (χ1v) is 7.18. The Morgan fingerprint density at radius 2 is 2.14 bits per heavy atom. The molecule has 3 rings (SSSR count). The number of fused-ring (bicyclic) bond motifs is 1. The summed E-state index contributed by atoms with van der Waals surface area (Å²) in [5, 5.41) is 0. The van der Waals surface area contributed by atoms with Gasteiger partial charge in [-0.2, -0.15) is 0 Å². The molecule has 1 atom stereocenters. The molecule has 3 heterocycles. The maximum absolute atomic E-state index is 12.9. The van der Waals surface area contributed by atoms with Crippen LogP contribution in [0.15, 0.2) is 36.7 Å². The highest BCUT2D eigenvalue weighted by Crippen LogP contribution is 2.21. The average Bonchev–Trinajstić information content (AvgIpc) is 2.91. The fraction of sp³-hybridized carbons (Fsp3) is 0.375. The molecule has 6 heteroatoms. The molecule has 0 saturated carbocycles. The third-order valence-corrected chi connectivity index (χ3v) is 3.92. The number of hydrogen-bond donors (Lipinski definition) is 0. The minimum absolute atomic E-state index is 0.0414. The lowest BCUT2D eigenvalue weighted by molar-refractivity contribution is 0.0456. The summed E-state index contributed by atoms with van der Waals surface area (Å²) in [4.78, 5) is 18.8. The van der Waals surface area contributed by atoms with Gasteiger partial charge in [0.05, 0.1) is 26.3 Å². The molecule has 0 N–H and O–H groups in total. The van der Waals surface area contributed by atoms with Gasteiger partial charge in [0.15, 0.2) is 0 Å². The number of hydrogen-bond acceptors (Lipinski definition) is 4. The molecule has 0 aromatic carbocycles. The average molecular weight is 301 g/mol. The highest BCUT2D eigenvalue weighted by molar-refractivity contribution is 5.96. The lowest BCUT2D eigenvalue weighted by atomic mass is 10.2. The normalized spacial score (nSPS) is 17.7. The summed E-state index contributed by atoms with van der Waals surface area (Å²) >= 11 is 0. The second-order valence-electron chi connectivity index (χ2n) is 5.26. The van der Waals surface area contributed by atoms with E-state index in [4.69, 9.17) is 9.47 Å². The molecule has 0 bridgehead atoms. The van der Waals surface area contributed by atoms with Crippen molar-refractivity contribution in [1.82, 2.24) is 14.5 Å². The minimum atomic E-state index is -0.0957. The smallest absolute Gasteiger partial charge is 0.259 e. The molecule has 2 aromatic rings. The molecule has 1 aliphatic heterocycles. The summed E-state index contributed by atoms with van der Waals surface area (Å²) in [7, 11) is 3.19. The molecule has 6 nitrogen and oxygen atoms in total. The second kappa shape index (κ2) is 6.19. The molecule has 1 aliphatic rings. The van der Waals surface area contributed by atoms with Crippen molar-refractivity contribution in [2.24, 2.45) is 0 Å². The summed E-state index contributed by atoms with van der Waals surface area (Å²) in [5.41, 5.74) is 1.57. The van der Waals surface area contributed by atoms with E-state index in [1.807, 2.05) is 18.3 Å². The molecular formula is C16H19N3O3. The van der Waals surface area contributed by atoms with Crippen molar-refractivity contribution in [1.29, 1.82) is 0 Å². The van der Waals surface area contributed by atoms with Gasteiger partial charge in [0, 0.05) is 31.7 Å². The summed E-state index contributed by atoms with van der Waals surface area (Å²) in [6, 6.07) is 7.49. The number of nitrogens with zero attached hydrogens (tertiary/aromatic N) is 3. The minimum Gasteiger partial charge on any atom is -0.480 e. The third-order valence-electron chi connectivity index (χ3n) is 3.92. The Balaban J connectivity index is 1.91. The fourth-order valence-corrected chi connectivity index (χ4v) is 2.74. The van der Waals surface area contributed by atoms with Gasteiger partial charge in [-0.1, -0.05) is 0 Å². The second-order valence-corrected chi connectivity index (χ2v) is 5.26. The Morgan fingerprint density at radius 3 is 2.91 bits per heavy atom. The van der Waals surface area contributed by atoms with Crippen LogP contribution >= 0.6 is 0 Å². The molecule has 0 radical (unpaired) electrons. The molecule has 0 fully saturated rings. The number of pyridine rings is 1. The van der Waals surface area contributed by atoms with Crippen molar-refractivity contribution in [3.8, 4) is 5.88 Å². The van der Waals surface area contributed by atoms with Gasteiger partial charge in [0.25, 0.3) is 5.91 Å². The molecule has 1 unspecified atom stereocenters. The summed E-state index contributed by atoms with van der Waals surface area (Å²) in [6.07, 6.45) is 3.58. The van der Waals surface area contributed by atoms with Crippen molar-refractivity contribution in [3.63, 3.8) is 0 Å². The summed E-state index contributed by atoms with van der Waals surface area (Å²) in [6.45, 7) is 1.82. The number of aromatic nitrogens is 2. The Morgan fingerprint density at radius 1 is 1.27 bits per heavy atom. The van der Waals surface area contributed by atoms with Crippen molar-refractivity contribution in [3.05, 3.63) is 47.9 Å². The van der Waals surface area contributed by atoms with E-state index in [0.717, 1.165) is 12.2 Å². The topological polar surface area (TPSA) is 56.6 Å². The van der Waals surface area contributed by atoms with Crippen LogP contribution in [0.1, 0.15) is 16.1 Å². The highest BCUT2D eigenvalue weighted by atomic mass is 16.5. The zero-order chi connectivity index (χ0) is 15.5. The van der Waals surface area contributed by atoms with Crippen LogP contribution in [0.5, 0.6) is 5.88 Å². The maximum Gasteiger partial charge on any atom is 0.259 e. The SMILES string of the molecule is COc1ncccc1C(=O)N1Cc2cccn2CC(OC)C1. The van der Waals surface area contributed by atoms with Gasteiger partial charge < -0.3 is 18.9 Å². The van der Waals surface area contributed by atoms with Gasteiger partial charge in [0.2, 0.25) is 5.88 Å². The first kappa shape index (κ1) is 14.6. The van der Waals surface area contributed by atoms with E-state index < -0.39 is 0 Å². The number of methoxy groups -OCH3 is 2. The van der Waals surface area contributed by atoms with Crippen LogP contribution in [0.3, 0.4) is 0 Å². The highest BCUT2D eigenvalue weighted by Gasteiger charge is 2.27. The van der Waals surface area contributed by atoms with Gasteiger partial charge in [-0.05, 0) is 24.3 Å². The van der Waals surface area contributed by atoms with Crippen LogP contribution in [0.4, 0.5) is 0 Å². The molecule has 1 amide bonds. The Hall–Kier alpha value is -2.34. The lowest BCUT2D eigenvalue weighted by Gasteiger charge is -2.24. The van der Waals surface area contributed by atoms with Crippen molar-refractivity contribution in [2.75, 3.05) is 20.8 Å². The number of amides is 1. The van der Waals surface area contributed by atoms with Crippen LogP contribution in [-0.2, 0) is 17.8 Å². The van der Waals surface area contributed by atoms with Crippen LogP contribution < -0.4 is 4.74 Å². The number of carbonyl (C=O) groups is 1. The maximum atomic E-state index is 12.9. The number of carbonyl (C=O) groups excluding carboxylic acids is 1. The number of rotatable bonds is 3. The Bertz CT molecular complexity index is 668. The predicted molar refractivity (Wildman–Crippen MR) is 80.8 cm³/mol. The van der Waals surface area contributed by atoms with Gasteiger partial charge in [-0.25, -0.2) is 4.98 Å². The van der Waals surface area contributed by atoms with Gasteiger partial charge >= 0.3 is 0 Å². The van der Waals surface area contributed by atoms with E-state index in [-0.39, 0.29) is 12.0 Å². The van der Waals surface area contributed by atoms with Crippen molar-refractivity contribution in [2.45, 2.75) is 19.2 Å².